The molecule has 0 bridgehead atoms. The van der Waals surface area contributed by atoms with Gasteiger partial charge in [-0.25, -0.2) is 0 Å². The summed E-state index contributed by atoms with van der Waals surface area (Å²) in [4.78, 5) is 13.7. The van der Waals surface area contributed by atoms with E-state index in [0.29, 0.717) is 32.1 Å². The third-order valence-electron chi connectivity index (χ3n) is 2.10. The van der Waals surface area contributed by atoms with Crippen LogP contribution < -0.4 is 9.64 Å². The van der Waals surface area contributed by atoms with Gasteiger partial charge in [-0.2, -0.15) is 20.2 Å². The van der Waals surface area contributed by atoms with Crippen LogP contribution in [-0.2, 0) is 4.74 Å². The van der Waals surface area contributed by atoms with Crippen LogP contribution in [0.1, 0.15) is 6.42 Å². The van der Waals surface area contributed by atoms with E-state index < -0.39 is 0 Å². The maximum Gasteiger partial charge on any atom is 0.322 e. The third kappa shape index (κ3) is 4.31. The van der Waals surface area contributed by atoms with Gasteiger partial charge in [0.1, 0.15) is 0 Å². The first kappa shape index (κ1) is 14.4. The Labute approximate surface area is 110 Å². The molecule has 0 saturated carbocycles. The average molecular weight is 272 g/mol. The zero-order chi connectivity index (χ0) is 13.4. The normalized spacial score (nSPS) is 9.89. The van der Waals surface area contributed by atoms with Crippen molar-refractivity contribution in [3.05, 3.63) is 5.28 Å². The number of rotatable bonds is 7. The maximum atomic E-state index is 8.63. The van der Waals surface area contributed by atoms with Crippen molar-refractivity contribution in [2.45, 2.75) is 6.42 Å². The fraction of sp³-hybridized carbons (Fsp3) is 0.600. The zero-order valence-corrected chi connectivity index (χ0v) is 11.0. The van der Waals surface area contributed by atoms with Crippen molar-refractivity contribution in [1.82, 2.24) is 15.0 Å². The Kier molecular flexibility index (Phi) is 6.11. The SMILES string of the molecule is COCCN(CCC#N)c1nc(Cl)nc(OC)n1. The minimum Gasteiger partial charge on any atom is -0.467 e. The van der Waals surface area contributed by atoms with Crippen molar-refractivity contribution < 1.29 is 9.47 Å². The molecule has 18 heavy (non-hydrogen) atoms. The minimum atomic E-state index is 0.0521. The van der Waals surface area contributed by atoms with Crippen molar-refractivity contribution in [1.29, 1.82) is 5.26 Å². The van der Waals surface area contributed by atoms with Gasteiger partial charge in [0.05, 0.1) is 26.2 Å². The van der Waals surface area contributed by atoms with Gasteiger partial charge in [0.2, 0.25) is 11.2 Å². The Hall–Kier alpha value is -1.65. The molecule has 0 atom stereocenters. The van der Waals surface area contributed by atoms with E-state index in [1.54, 1.807) is 12.0 Å². The monoisotopic (exact) mass is 271 g/mol. The molecule has 0 radical (unpaired) electrons. The van der Waals surface area contributed by atoms with Crippen LogP contribution in [0.2, 0.25) is 5.28 Å². The molecule has 0 aromatic carbocycles. The van der Waals surface area contributed by atoms with E-state index in [2.05, 4.69) is 21.0 Å². The summed E-state index contributed by atoms with van der Waals surface area (Å²) in [6.07, 6.45) is 0.356. The van der Waals surface area contributed by atoms with Gasteiger partial charge in [0.25, 0.3) is 0 Å². The number of hydrogen-bond acceptors (Lipinski definition) is 7. The second-order valence-corrected chi connectivity index (χ2v) is 3.62. The number of nitrogens with zero attached hydrogens (tertiary/aromatic N) is 5. The summed E-state index contributed by atoms with van der Waals surface area (Å²) in [5.41, 5.74) is 0. The van der Waals surface area contributed by atoms with Crippen LogP contribution in [-0.4, -0.2) is 48.9 Å². The second-order valence-electron chi connectivity index (χ2n) is 3.28. The molecule has 98 valence electrons. The van der Waals surface area contributed by atoms with E-state index >= 15 is 0 Å². The molecule has 0 aliphatic rings. The van der Waals surface area contributed by atoms with Gasteiger partial charge in [-0.1, -0.05) is 0 Å². The molecular weight excluding hydrogens is 258 g/mol. The van der Waals surface area contributed by atoms with Crippen LogP contribution in [0.5, 0.6) is 6.01 Å². The molecular formula is C10H14ClN5O2. The van der Waals surface area contributed by atoms with Crippen LogP contribution in [0.3, 0.4) is 0 Å². The molecule has 0 amide bonds. The van der Waals surface area contributed by atoms with Gasteiger partial charge < -0.3 is 14.4 Å². The van der Waals surface area contributed by atoms with Gasteiger partial charge >= 0.3 is 6.01 Å². The second kappa shape index (κ2) is 7.63. The van der Waals surface area contributed by atoms with E-state index in [1.165, 1.54) is 7.11 Å². The van der Waals surface area contributed by atoms with E-state index in [1.807, 2.05) is 0 Å². The molecule has 0 N–H and O–H groups in total. The fourth-order valence-electron chi connectivity index (χ4n) is 1.25. The predicted molar refractivity (Wildman–Crippen MR) is 65.7 cm³/mol. The van der Waals surface area contributed by atoms with E-state index in [0.717, 1.165) is 0 Å². The number of ether oxygens (including phenoxy) is 2. The highest BCUT2D eigenvalue weighted by Crippen LogP contribution is 2.15. The predicted octanol–water partition coefficient (Wildman–Crippen LogP) is 0.900. The van der Waals surface area contributed by atoms with E-state index in [-0.39, 0.29) is 11.3 Å². The standard InChI is InChI=1S/C10H14ClN5O2/c1-17-7-6-16(5-3-4-12)9-13-8(11)14-10(15-9)18-2/h3,5-7H2,1-2H3. The Balaban J connectivity index is 2.88. The van der Waals surface area contributed by atoms with Crippen LogP contribution >= 0.6 is 11.6 Å². The molecule has 7 nitrogen and oxygen atoms in total. The van der Waals surface area contributed by atoms with Gasteiger partial charge in [-0.05, 0) is 11.6 Å². The summed E-state index contributed by atoms with van der Waals surface area (Å²) < 4.78 is 9.93. The van der Waals surface area contributed by atoms with Crippen molar-refractivity contribution in [3.63, 3.8) is 0 Å². The summed E-state index contributed by atoms with van der Waals surface area (Å²) in [6.45, 7) is 1.54. The highest BCUT2D eigenvalue weighted by atomic mass is 35.5. The smallest absolute Gasteiger partial charge is 0.322 e. The number of nitriles is 1. The first-order valence-electron chi connectivity index (χ1n) is 5.27. The number of halogens is 1. The summed E-state index contributed by atoms with van der Waals surface area (Å²) >= 11 is 5.78. The van der Waals surface area contributed by atoms with Crippen LogP contribution in [0.25, 0.3) is 0 Å². The summed E-state index contributed by atoms with van der Waals surface area (Å²) in [5.74, 6) is 0.374. The maximum absolute atomic E-state index is 8.63. The lowest BCUT2D eigenvalue weighted by Crippen LogP contribution is -2.30. The largest absolute Gasteiger partial charge is 0.467 e. The van der Waals surface area contributed by atoms with Crippen molar-refractivity contribution in [2.75, 3.05) is 38.8 Å². The van der Waals surface area contributed by atoms with Crippen molar-refractivity contribution in [2.24, 2.45) is 0 Å². The topological polar surface area (TPSA) is 84.2 Å². The number of aromatic nitrogens is 3. The Morgan fingerprint density at radius 3 is 2.67 bits per heavy atom. The van der Waals surface area contributed by atoms with Crippen LogP contribution in [0.4, 0.5) is 5.95 Å². The quantitative estimate of drug-likeness (QED) is 0.728. The molecule has 1 aromatic rings. The number of hydrogen-bond donors (Lipinski definition) is 0. The first-order chi connectivity index (χ1) is 8.71. The number of anilines is 1. The summed E-state index contributed by atoms with van der Waals surface area (Å²) in [5, 5.41) is 8.68. The molecule has 0 saturated heterocycles. The van der Waals surface area contributed by atoms with Crippen LogP contribution in [0, 0.1) is 11.3 Å². The molecule has 0 spiro atoms. The Morgan fingerprint density at radius 1 is 1.28 bits per heavy atom. The summed E-state index contributed by atoms with van der Waals surface area (Å²) in [6, 6.07) is 2.21. The first-order valence-corrected chi connectivity index (χ1v) is 5.65. The molecule has 0 aliphatic heterocycles. The molecule has 0 unspecified atom stereocenters. The lowest BCUT2D eigenvalue weighted by atomic mass is 10.4. The van der Waals surface area contributed by atoms with Gasteiger partial charge in [-0.3, -0.25) is 0 Å². The molecule has 0 aliphatic carbocycles. The zero-order valence-electron chi connectivity index (χ0n) is 10.3. The van der Waals surface area contributed by atoms with Crippen LogP contribution in [0.15, 0.2) is 0 Å². The lowest BCUT2D eigenvalue weighted by Gasteiger charge is -2.20. The molecule has 1 rings (SSSR count). The average Bonchev–Trinajstić information content (AvgIpc) is 2.38. The molecule has 8 heteroatoms. The highest BCUT2D eigenvalue weighted by Gasteiger charge is 2.13. The fourth-order valence-corrected chi connectivity index (χ4v) is 1.40. The lowest BCUT2D eigenvalue weighted by molar-refractivity contribution is 0.205. The van der Waals surface area contributed by atoms with E-state index in [4.69, 9.17) is 26.3 Å². The van der Waals surface area contributed by atoms with E-state index in [9.17, 15) is 0 Å². The Morgan fingerprint density at radius 2 is 2.06 bits per heavy atom. The summed E-state index contributed by atoms with van der Waals surface area (Å²) in [7, 11) is 3.05. The van der Waals surface area contributed by atoms with Gasteiger partial charge in [-0.15, -0.1) is 0 Å². The molecule has 1 heterocycles. The molecule has 0 fully saturated rings. The van der Waals surface area contributed by atoms with Crippen molar-refractivity contribution in [3.8, 4) is 12.1 Å². The highest BCUT2D eigenvalue weighted by molar-refractivity contribution is 6.28. The minimum absolute atomic E-state index is 0.0521. The van der Waals surface area contributed by atoms with Gasteiger partial charge in [0.15, 0.2) is 0 Å². The third-order valence-corrected chi connectivity index (χ3v) is 2.27. The van der Waals surface area contributed by atoms with Gasteiger partial charge in [0, 0.05) is 20.2 Å². The molecule has 1 aromatic heterocycles. The van der Waals surface area contributed by atoms with Crippen molar-refractivity contribution >= 4 is 17.5 Å². The Bertz CT molecular complexity index is 423. The number of methoxy groups -OCH3 is 2.